The number of benzene rings is 2. The monoisotopic (exact) mass is 375 g/mol. The third kappa shape index (κ3) is 4.78. The van der Waals surface area contributed by atoms with Crippen LogP contribution in [0.2, 0.25) is 0 Å². The van der Waals surface area contributed by atoms with Gasteiger partial charge in [0.1, 0.15) is 11.6 Å². The van der Waals surface area contributed by atoms with Gasteiger partial charge in [0.2, 0.25) is 5.91 Å². The lowest BCUT2D eigenvalue weighted by atomic mass is 10.1. The zero-order valence-corrected chi connectivity index (χ0v) is 14.6. The molecule has 2 aromatic rings. The summed E-state index contributed by atoms with van der Waals surface area (Å²) in [5, 5.41) is 13.8. The number of carbonyl (C=O) groups is 1. The molecule has 1 heterocycles. The number of anilines is 1. The quantitative estimate of drug-likeness (QED) is 0.616. The van der Waals surface area contributed by atoms with Gasteiger partial charge in [0.05, 0.1) is 18.1 Å². The van der Waals surface area contributed by atoms with Gasteiger partial charge in [-0.15, -0.1) is 0 Å². The van der Waals surface area contributed by atoms with Crippen LogP contribution in [0.3, 0.4) is 0 Å². The fourth-order valence-corrected chi connectivity index (χ4v) is 2.86. The Morgan fingerprint density at radius 1 is 1.37 bits per heavy atom. The molecule has 0 aromatic heterocycles. The molecule has 0 bridgehead atoms. The number of fused-ring (bicyclic) bond motifs is 1. The third-order valence-corrected chi connectivity index (χ3v) is 3.94. The van der Waals surface area contributed by atoms with Crippen LogP contribution in [0.5, 0.6) is 5.75 Å². The predicted octanol–water partition coefficient (Wildman–Crippen LogP) is 2.67. The molecular weight excluding hydrogens is 357 g/mol. The number of nitrogens with one attached hydrogen (secondary N) is 1. The van der Waals surface area contributed by atoms with Crippen molar-refractivity contribution in [1.82, 2.24) is 4.90 Å². The molecule has 3 rings (SSSR count). The summed E-state index contributed by atoms with van der Waals surface area (Å²) in [7, 11) is 1.70. The highest BCUT2D eigenvalue weighted by molar-refractivity contribution is 5.92. The highest BCUT2D eigenvalue weighted by atomic mass is 19.1. The van der Waals surface area contributed by atoms with Crippen LogP contribution in [0.1, 0.15) is 11.1 Å². The van der Waals surface area contributed by atoms with Gasteiger partial charge in [0, 0.05) is 35.5 Å². The molecule has 1 aliphatic rings. The lowest BCUT2D eigenvalue weighted by Crippen LogP contribution is -2.30. The molecule has 0 saturated heterocycles. The number of nitro benzene ring substituents is 1. The van der Waals surface area contributed by atoms with Gasteiger partial charge in [-0.1, -0.05) is 6.07 Å². The molecule has 2 aromatic carbocycles. The van der Waals surface area contributed by atoms with E-state index in [1.165, 1.54) is 30.3 Å². The highest BCUT2D eigenvalue weighted by Gasteiger charge is 2.22. The molecule has 0 spiro atoms. The van der Waals surface area contributed by atoms with E-state index in [-0.39, 0.29) is 38.1 Å². The maximum Gasteiger partial charge on any atom is 0.270 e. The van der Waals surface area contributed by atoms with Crippen molar-refractivity contribution in [2.45, 2.75) is 13.2 Å². The van der Waals surface area contributed by atoms with E-state index in [1.807, 2.05) is 0 Å². The normalized spacial score (nSPS) is 13.0. The van der Waals surface area contributed by atoms with Gasteiger partial charge >= 0.3 is 0 Å². The Hall–Kier alpha value is -3.04. The minimum atomic E-state index is -0.477. The average molecular weight is 375 g/mol. The molecule has 142 valence electrons. The molecule has 8 nitrogen and oxygen atoms in total. The van der Waals surface area contributed by atoms with Gasteiger partial charge in [-0.2, -0.15) is 0 Å². The van der Waals surface area contributed by atoms with Crippen molar-refractivity contribution in [2.75, 3.05) is 25.7 Å². The van der Waals surface area contributed by atoms with Gasteiger partial charge in [-0.25, -0.2) is 4.39 Å². The second-order valence-electron chi connectivity index (χ2n) is 6.19. The molecule has 27 heavy (non-hydrogen) atoms. The summed E-state index contributed by atoms with van der Waals surface area (Å²) >= 11 is 0. The maximum absolute atomic E-state index is 13.2. The first-order valence-corrected chi connectivity index (χ1v) is 8.17. The largest absolute Gasteiger partial charge is 0.467 e. The van der Waals surface area contributed by atoms with E-state index in [0.717, 1.165) is 0 Å². The van der Waals surface area contributed by atoms with Crippen LogP contribution in [0.15, 0.2) is 36.4 Å². The number of nitro groups is 1. The summed E-state index contributed by atoms with van der Waals surface area (Å²) in [6.07, 6.45) is 0. The summed E-state index contributed by atoms with van der Waals surface area (Å²) in [5.74, 6) is -0.223. The number of non-ortho nitro benzene ring substituents is 1. The van der Waals surface area contributed by atoms with Crippen molar-refractivity contribution in [1.29, 1.82) is 0 Å². The van der Waals surface area contributed by atoms with Gasteiger partial charge < -0.3 is 14.8 Å². The molecule has 1 aliphatic heterocycles. The Labute approximate surface area is 154 Å². The highest BCUT2D eigenvalue weighted by Crippen LogP contribution is 2.33. The van der Waals surface area contributed by atoms with E-state index in [1.54, 1.807) is 18.0 Å². The molecule has 0 unspecified atom stereocenters. The SMILES string of the molecule is CN(CC(=O)Nc1cccc(F)c1)Cc1cc([N+](=O)[O-])cc2c1OCOC2. The van der Waals surface area contributed by atoms with Crippen LogP contribution < -0.4 is 10.1 Å². The van der Waals surface area contributed by atoms with Crippen LogP contribution in [0.25, 0.3) is 0 Å². The second kappa shape index (κ2) is 8.11. The lowest BCUT2D eigenvalue weighted by molar-refractivity contribution is -0.385. The van der Waals surface area contributed by atoms with Crippen molar-refractivity contribution in [3.05, 3.63) is 63.5 Å². The number of halogens is 1. The Morgan fingerprint density at radius 3 is 2.93 bits per heavy atom. The van der Waals surface area contributed by atoms with E-state index in [2.05, 4.69) is 5.32 Å². The van der Waals surface area contributed by atoms with Crippen LogP contribution >= 0.6 is 0 Å². The fourth-order valence-electron chi connectivity index (χ4n) is 2.86. The number of carbonyl (C=O) groups excluding carboxylic acids is 1. The first kappa shape index (κ1) is 18.7. The van der Waals surface area contributed by atoms with E-state index in [4.69, 9.17) is 9.47 Å². The minimum absolute atomic E-state index is 0.0183. The smallest absolute Gasteiger partial charge is 0.270 e. The van der Waals surface area contributed by atoms with Gasteiger partial charge in [0.25, 0.3) is 5.69 Å². The zero-order chi connectivity index (χ0) is 19.4. The Bertz CT molecular complexity index is 874. The number of ether oxygens (including phenoxy) is 2. The summed E-state index contributed by atoms with van der Waals surface area (Å²) < 4.78 is 23.9. The zero-order valence-electron chi connectivity index (χ0n) is 14.6. The lowest BCUT2D eigenvalue weighted by Gasteiger charge is -2.23. The number of likely N-dealkylation sites (N-methyl/N-ethyl adjacent to an activating group) is 1. The van der Waals surface area contributed by atoms with Gasteiger partial charge in [-0.05, 0) is 25.2 Å². The number of hydrogen-bond donors (Lipinski definition) is 1. The summed E-state index contributed by atoms with van der Waals surface area (Å²) in [6.45, 7) is 0.584. The molecule has 0 radical (unpaired) electrons. The molecule has 0 aliphatic carbocycles. The van der Waals surface area contributed by atoms with E-state index in [0.29, 0.717) is 22.6 Å². The van der Waals surface area contributed by atoms with Crippen molar-refractivity contribution in [3.8, 4) is 5.75 Å². The van der Waals surface area contributed by atoms with Crippen molar-refractivity contribution in [2.24, 2.45) is 0 Å². The Morgan fingerprint density at radius 2 is 2.19 bits per heavy atom. The van der Waals surface area contributed by atoms with Gasteiger partial charge in [0.15, 0.2) is 6.79 Å². The number of amides is 1. The van der Waals surface area contributed by atoms with Crippen LogP contribution in [-0.2, 0) is 22.7 Å². The van der Waals surface area contributed by atoms with Crippen LogP contribution in [0.4, 0.5) is 15.8 Å². The maximum atomic E-state index is 13.2. The molecule has 0 saturated carbocycles. The molecule has 1 amide bonds. The van der Waals surface area contributed by atoms with E-state index < -0.39 is 10.7 Å². The summed E-state index contributed by atoms with van der Waals surface area (Å²) in [6, 6.07) is 8.47. The number of rotatable bonds is 6. The van der Waals surface area contributed by atoms with Crippen molar-refractivity contribution >= 4 is 17.3 Å². The Balaban J connectivity index is 1.69. The third-order valence-electron chi connectivity index (χ3n) is 3.94. The minimum Gasteiger partial charge on any atom is -0.467 e. The van der Waals surface area contributed by atoms with E-state index in [9.17, 15) is 19.3 Å². The molecule has 9 heteroatoms. The first-order chi connectivity index (χ1) is 12.9. The van der Waals surface area contributed by atoms with Crippen molar-refractivity contribution in [3.63, 3.8) is 0 Å². The number of hydrogen-bond acceptors (Lipinski definition) is 6. The first-order valence-electron chi connectivity index (χ1n) is 8.17. The summed E-state index contributed by atoms with van der Waals surface area (Å²) in [4.78, 5) is 24.5. The molecule has 0 atom stereocenters. The second-order valence-corrected chi connectivity index (χ2v) is 6.19. The van der Waals surface area contributed by atoms with Crippen LogP contribution in [-0.4, -0.2) is 36.1 Å². The van der Waals surface area contributed by atoms with E-state index >= 15 is 0 Å². The fraction of sp³-hybridized carbons (Fsp3) is 0.278. The summed E-state index contributed by atoms with van der Waals surface area (Å²) in [5.41, 5.74) is 1.50. The predicted molar refractivity (Wildman–Crippen MR) is 94.7 cm³/mol. The molecule has 1 N–H and O–H groups in total. The molecule has 0 fully saturated rings. The van der Waals surface area contributed by atoms with Gasteiger partial charge in [-0.3, -0.25) is 19.8 Å². The standard InChI is InChI=1S/C18H18FN3O5/c1-21(9-17(23)20-15-4-2-3-14(19)7-15)8-12-5-16(22(24)25)6-13-10-26-11-27-18(12)13/h2-7H,8-11H2,1H3,(H,20,23). The average Bonchev–Trinajstić information content (AvgIpc) is 2.61. The molecular formula is C18H18FN3O5. The Kier molecular flexibility index (Phi) is 5.63. The topological polar surface area (TPSA) is 93.9 Å². The number of nitrogens with zero attached hydrogens (tertiary/aromatic N) is 2. The van der Waals surface area contributed by atoms with Crippen LogP contribution in [0, 0.1) is 15.9 Å². The van der Waals surface area contributed by atoms with Crippen molar-refractivity contribution < 1.29 is 23.6 Å².